The maximum atomic E-state index is 5.10. The van der Waals surface area contributed by atoms with E-state index in [1.165, 1.54) is 39.8 Å². The summed E-state index contributed by atoms with van der Waals surface area (Å²) in [4.78, 5) is 20.2. The second-order valence-corrected chi connectivity index (χ2v) is 16.3. The first kappa shape index (κ1) is 30.2. The minimum Gasteiger partial charge on any atom is -0.208 e. The van der Waals surface area contributed by atoms with Gasteiger partial charge in [-0.3, -0.25) is 0 Å². The summed E-state index contributed by atoms with van der Waals surface area (Å²) in [5.74, 6) is 1.95. The molecule has 9 aromatic rings. The molecule has 0 spiro atoms. The highest BCUT2D eigenvalue weighted by Gasteiger charge is 2.34. The molecule has 2 aromatic heterocycles. The van der Waals surface area contributed by atoms with Gasteiger partial charge in [0, 0.05) is 56.4 Å². The van der Waals surface area contributed by atoms with Crippen LogP contribution in [-0.2, 0) is 0 Å². The highest BCUT2D eigenvalue weighted by atomic mass is 32.3. The fraction of sp³-hybridized carbons (Fsp3) is 0. The Morgan fingerprint density at radius 2 is 0.760 bits per heavy atom. The molecule has 3 nitrogen and oxygen atoms in total. The zero-order valence-electron chi connectivity index (χ0n) is 27.1. The number of hydrogen-bond acceptors (Lipinski definition) is 4. The third kappa shape index (κ3) is 5.28. The number of rotatable bonds is 7. The van der Waals surface area contributed by atoms with Gasteiger partial charge in [0.1, 0.15) is 0 Å². The lowest BCUT2D eigenvalue weighted by Gasteiger charge is -2.42. The van der Waals surface area contributed by atoms with Gasteiger partial charge >= 0.3 is 0 Å². The zero-order chi connectivity index (χ0) is 33.3. The number of thiophene rings is 1. The Balaban J connectivity index is 1.32. The van der Waals surface area contributed by atoms with Gasteiger partial charge in [0.15, 0.2) is 17.5 Å². The standard InChI is InChI=1S/C45H31N3S2/c1-5-16-32(17-6-1)43-46-44(33-18-7-2-8-19-33)48-45(47-43)34-20-15-25-37(30-34)50(35-21-9-3-10-22-35,36-23-11-4-12-24-36)38-28-29-42-40(31-38)39-26-13-14-27-41(39)49-42/h1-31H. The van der Waals surface area contributed by atoms with Gasteiger partial charge in [0.25, 0.3) is 0 Å². The molecule has 0 radical (unpaired) electrons. The van der Waals surface area contributed by atoms with Gasteiger partial charge in [-0.2, -0.15) is 0 Å². The van der Waals surface area contributed by atoms with Crippen molar-refractivity contribution in [3.63, 3.8) is 0 Å². The third-order valence-electron chi connectivity index (χ3n) is 9.04. The first-order valence-corrected chi connectivity index (χ1v) is 19.0. The summed E-state index contributed by atoms with van der Waals surface area (Å²) in [5.41, 5.74) is 2.86. The molecule has 2 heterocycles. The second-order valence-electron chi connectivity index (χ2n) is 12.1. The van der Waals surface area contributed by atoms with E-state index in [9.17, 15) is 0 Å². The van der Waals surface area contributed by atoms with Crippen LogP contribution in [0.4, 0.5) is 0 Å². The Morgan fingerprint density at radius 1 is 0.320 bits per heavy atom. The molecule has 0 fully saturated rings. The van der Waals surface area contributed by atoms with Gasteiger partial charge < -0.3 is 0 Å². The molecule has 0 unspecified atom stereocenters. The van der Waals surface area contributed by atoms with Crippen LogP contribution in [0.25, 0.3) is 54.3 Å². The number of hydrogen-bond donors (Lipinski definition) is 0. The molecular weight excluding hydrogens is 647 g/mol. The normalized spacial score (nSPS) is 11.9. The molecular formula is C45H31N3S2. The Labute approximate surface area is 296 Å². The first-order valence-electron chi connectivity index (χ1n) is 16.6. The summed E-state index contributed by atoms with van der Waals surface area (Å²) in [7, 11) is -1.97. The average molecular weight is 678 g/mol. The van der Waals surface area contributed by atoms with Gasteiger partial charge in [-0.15, -0.1) is 21.4 Å². The molecule has 50 heavy (non-hydrogen) atoms. The van der Waals surface area contributed by atoms with Crippen molar-refractivity contribution >= 4 is 41.5 Å². The molecule has 0 amide bonds. The van der Waals surface area contributed by atoms with Crippen molar-refractivity contribution in [3.8, 4) is 34.2 Å². The van der Waals surface area contributed by atoms with Crippen LogP contribution < -0.4 is 0 Å². The molecule has 238 valence electrons. The SMILES string of the molecule is c1ccc(-c2nc(-c3ccccc3)nc(-c3cccc(S(c4ccccc4)(c4ccccc4)c4ccc5sc6ccccc6c5c4)c3)n2)cc1. The van der Waals surface area contributed by atoms with Gasteiger partial charge in [-0.05, 0) is 60.7 Å². The lowest BCUT2D eigenvalue weighted by Crippen LogP contribution is -2.06. The molecule has 5 heteroatoms. The Morgan fingerprint density at radius 3 is 1.36 bits per heavy atom. The molecule has 0 aliphatic heterocycles. The lowest BCUT2D eigenvalue weighted by atomic mass is 10.1. The van der Waals surface area contributed by atoms with Crippen LogP contribution in [-0.4, -0.2) is 15.0 Å². The van der Waals surface area contributed by atoms with Crippen LogP contribution in [0, 0.1) is 0 Å². The van der Waals surface area contributed by atoms with Gasteiger partial charge in [0.2, 0.25) is 0 Å². The molecule has 0 bridgehead atoms. The van der Waals surface area contributed by atoms with Crippen LogP contribution >= 0.6 is 21.4 Å². The van der Waals surface area contributed by atoms with Crippen molar-refractivity contribution in [1.29, 1.82) is 0 Å². The van der Waals surface area contributed by atoms with Crippen LogP contribution in [0.3, 0.4) is 0 Å². The van der Waals surface area contributed by atoms with Crippen molar-refractivity contribution in [1.82, 2.24) is 15.0 Å². The smallest absolute Gasteiger partial charge is 0.164 e. The number of benzene rings is 7. The van der Waals surface area contributed by atoms with Crippen LogP contribution in [0.15, 0.2) is 208 Å². The van der Waals surface area contributed by atoms with E-state index in [2.05, 4.69) is 152 Å². The van der Waals surface area contributed by atoms with E-state index in [-0.39, 0.29) is 0 Å². The monoisotopic (exact) mass is 677 g/mol. The predicted octanol–water partition coefficient (Wildman–Crippen LogP) is 12.6. The van der Waals surface area contributed by atoms with E-state index in [4.69, 9.17) is 15.0 Å². The van der Waals surface area contributed by atoms with Crippen molar-refractivity contribution in [2.45, 2.75) is 19.6 Å². The minimum absolute atomic E-state index is 0.647. The molecule has 9 rings (SSSR count). The second kappa shape index (κ2) is 12.9. The van der Waals surface area contributed by atoms with E-state index in [1.54, 1.807) is 0 Å². The summed E-state index contributed by atoms with van der Waals surface area (Å²) in [6.07, 6.45) is 0. The first-order chi connectivity index (χ1) is 24.8. The summed E-state index contributed by atoms with van der Waals surface area (Å²) >= 11 is 1.85. The summed E-state index contributed by atoms with van der Waals surface area (Å²) in [6, 6.07) is 67.0. The summed E-state index contributed by atoms with van der Waals surface area (Å²) in [5, 5.41) is 2.59. The highest BCUT2D eigenvalue weighted by Crippen LogP contribution is 2.74. The number of aromatic nitrogens is 3. The maximum absolute atomic E-state index is 5.10. The van der Waals surface area contributed by atoms with E-state index in [0.717, 1.165) is 16.7 Å². The Hall–Kier alpha value is -5.88. The molecule has 0 aliphatic carbocycles. The topological polar surface area (TPSA) is 38.7 Å². The number of fused-ring (bicyclic) bond motifs is 3. The van der Waals surface area contributed by atoms with Gasteiger partial charge in [-0.25, -0.2) is 15.0 Å². The van der Waals surface area contributed by atoms with Crippen molar-refractivity contribution < 1.29 is 0 Å². The van der Waals surface area contributed by atoms with Crippen molar-refractivity contribution in [3.05, 3.63) is 188 Å². The van der Waals surface area contributed by atoms with E-state index >= 15 is 0 Å². The lowest BCUT2D eigenvalue weighted by molar-refractivity contribution is 1.07. The fourth-order valence-corrected chi connectivity index (χ4v) is 11.7. The van der Waals surface area contributed by atoms with Crippen LogP contribution in [0.5, 0.6) is 0 Å². The van der Waals surface area contributed by atoms with E-state index < -0.39 is 10.0 Å². The third-order valence-corrected chi connectivity index (χ3v) is 14.1. The van der Waals surface area contributed by atoms with Crippen molar-refractivity contribution in [2.24, 2.45) is 0 Å². The largest absolute Gasteiger partial charge is 0.208 e. The molecule has 0 saturated heterocycles. The quantitative estimate of drug-likeness (QED) is 0.168. The molecule has 7 aromatic carbocycles. The summed E-state index contributed by atoms with van der Waals surface area (Å²) < 4.78 is 2.60. The summed E-state index contributed by atoms with van der Waals surface area (Å²) in [6.45, 7) is 0. The Bertz CT molecular complexity index is 2490. The van der Waals surface area contributed by atoms with Gasteiger partial charge in [0.05, 0.1) is 0 Å². The van der Waals surface area contributed by atoms with E-state index in [1.807, 2.05) is 47.7 Å². The molecule has 0 saturated carbocycles. The minimum atomic E-state index is -1.97. The molecule has 0 N–H and O–H groups in total. The van der Waals surface area contributed by atoms with Gasteiger partial charge in [-0.1, -0.05) is 127 Å². The molecule has 0 aliphatic rings. The van der Waals surface area contributed by atoms with Crippen molar-refractivity contribution in [2.75, 3.05) is 0 Å². The van der Waals surface area contributed by atoms with Crippen LogP contribution in [0.2, 0.25) is 0 Å². The maximum Gasteiger partial charge on any atom is 0.164 e. The Kier molecular flexibility index (Phi) is 7.77. The highest BCUT2D eigenvalue weighted by molar-refractivity contribution is 8.34. The molecule has 0 atom stereocenters. The average Bonchev–Trinajstić information content (AvgIpc) is 3.58. The van der Waals surface area contributed by atoms with Crippen LogP contribution in [0.1, 0.15) is 0 Å². The predicted molar refractivity (Wildman–Crippen MR) is 209 cm³/mol. The fourth-order valence-electron chi connectivity index (χ4n) is 6.72. The zero-order valence-corrected chi connectivity index (χ0v) is 28.7. The number of nitrogens with zero attached hydrogens (tertiary/aromatic N) is 3. The van der Waals surface area contributed by atoms with E-state index in [0.29, 0.717) is 17.5 Å².